The largest absolute Gasteiger partial charge is 0.379 e. The number of hydrogen-bond acceptors (Lipinski definition) is 3. The molecule has 7 heteroatoms. The van der Waals surface area contributed by atoms with Crippen molar-refractivity contribution in [1.82, 2.24) is 15.2 Å². The molecule has 2 aromatic rings. The van der Waals surface area contributed by atoms with Crippen LogP contribution in [0.15, 0.2) is 41.0 Å². The van der Waals surface area contributed by atoms with Crippen LogP contribution in [0.1, 0.15) is 22.1 Å². The van der Waals surface area contributed by atoms with Crippen LogP contribution in [0, 0.1) is 5.82 Å². The van der Waals surface area contributed by atoms with Gasteiger partial charge in [0.05, 0.1) is 19.3 Å². The van der Waals surface area contributed by atoms with Crippen molar-refractivity contribution in [2.75, 3.05) is 32.8 Å². The zero-order chi connectivity index (χ0) is 16.9. The zero-order valence-corrected chi connectivity index (χ0v) is 14.7. The van der Waals surface area contributed by atoms with Crippen molar-refractivity contribution < 1.29 is 13.9 Å². The van der Waals surface area contributed by atoms with Crippen LogP contribution in [0.2, 0.25) is 0 Å². The average molecular weight is 396 g/mol. The van der Waals surface area contributed by atoms with E-state index in [4.69, 9.17) is 4.74 Å². The van der Waals surface area contributed by atoms with Gasteiger partial charge in [0, 0.05) is 30.3 Å². The van der Waals surface area contributed by atoms with Gasteiger partial charge in [-0.1, -0.05) is 12.1 Å². The van der Waals surface area contributed by atoms with Crippen molar-refractivity contribution in [3.63, 3.8) is 0 Å². The quantitative estimate of drug-likeness (QED) is 0.817. The molecule has 0 aliphatic carbocycles. The standard InChI is InChI=1S/C17H19BrFN3O2/c18-13-9-15(20-10-13)17(23)21-11-16(22-4-6-24-7-5-22)12-2-1-3-14(19)8-12/h1-3,8-10,16,20H,4-7,11H2,(H,21,23). The number of aromatic nitrogens is 1. The molecule has 1 aromatic heterocycles. The van der Waals surface area contributed by atoms with Gasteiger partial charge < -0.3 is 15.0 Å². The first-order chi connectivity index (χ1) is 11.6. The Morgan fingerprint density at radius 2 is 2.17 bits per heavy atom. The van der Waals surface area contributed by atoms with Gasteiger partial charge >= 0.3 is 0 Å². The Bertz CT molecular complexity index is 701. The number of carbonyl (C=O) groups is 1. The fourth-order valence-corrected chi connectivity index (χ4v) is 3.19. The molecule has 1 aliphatic heterocycles. The first-order valence-electron chi connectivity index (χ1n) is 7.83. The number of ether oxygens (including phenoxy) is 1. The van der Waals surface area contributed by atoms with E-state index in [0.717, 1.165) is 23.1 Å². The summed E-state index contributed by atoms with van der Waals surface area (Å²) in [5, 5.41) is 2.93. The Morgan fingerprint density at radius 3 is 2.83 bits per heavy atom. The highest BCUT2D eigenvalue weighted by atomic mass is 79.9. The van der Waals surface area contributed by atoms with E-state index in [1.54, 1.807) is 18.3 Å². The number of H-pyrrole nitrogens is 1. The summed E-state index contributed by atoms with van der Waals surface area (Å²) in [6.07, 6.45) is 1.71. The third kappa shape index (κ3) is 4.23. The van der Waals surface area contributed by atoms with Crippen molar-refractivity contribution in [1.29, 1.82) is 0 Å². The summed E-state index contributed by atoms with van der Waals surface area (Å²) in [6, 6.07) is 8.17. The highest BCUT2D eigenvalue weighted by molar-refractivity contribution is 9.10. The zero-order valence-electron chi connectivity index (χ0n) is 13.1. The lowest BCUT2D eigenvalue weighted by molar-refractivity contribution is 0.0161. The molecule has 1 atom stereocenters. The normalized spacial score (nSPS) is 16.8. The van der Waals surface area contributed by atoms with Crippen molar-refractivity contribution in [2.24, 2.45) is 0 Å². The number of rotatable bonds is 5. The summed E-state index contributed by atoms with van der Waals surface area (Å²) in [7, 11) is 0. The van der Waals surface area contributed by atoms with E-state index in [0.29, 0.717) is 25.5 Å². The molecule has 1 aromatic carbocycles. The van der Waals surface area contributed by atoms with Gasteiger partial charge in [0.1, 0.15) is 11.5 Å². The molecule has 128 valence electrons. The van der Waals surface area contributed by atoms with Crippen molar-refractivity contribution in [3.8, 4) is 0 Å². The summed E-state index contributed by atoms with van der Waals surface area (Å²) >= 11 is 3.31. The van der Waals surface area contributed by atoms with Crippen molar-refractivity contribution in [3.05, 3.63) is 58.1 Å². The van der Waals surface area contributed by atoms with Crippen LogP contribution in [0.4, 0.5) is 4.39 Å². The van der Waals surface area contributed by atoms with Gasteiger partial charge in [0.2, 0.25) is 0 Å². The van der Waals surface area contributed by atoms with Crippen LogP contribution in [-0.4, -0.2) is 48.6 Å². The van der Waals surface area contributed by atoms with Gasteiger partial charge in [-0.25, -0.2) is 4.39 Å². The van der Waals surface area contributed by atoms with Crippen LogP contribution in [0.5, 0.6) is 0 Å². The third-order valence-corrected chi connectivity index (χ3v) is 4.53. The van der Waals surface area contributed by atoms with Crippen molar-refractivity contribution >= 4 is 21.8 Å². The molecule has 0 spiro atoms. The lowest BCUT2D eigenvalue weighted by Crippen LogP contribution is -2.43. The molecule has 1 saturated heterocycles. The number of benzene rings is 1. The maximum atomic E-state index is 13.6. The fraction of sp³-hybridized carbons (Fsp3) is 0.353. The second-order valence-electron chi connectivity index (χ2n) is 5.66. The molecule has 2 N–H and O–H groups in total. The first-order valence-corrected chi connectivity index (χ1v) is 8.62. The first kappa shape index (κ1) is 17.1. The summed E-state index contributed by atoms with van der Waals surface area (Å²) in [4.78, 5) is 17.4. The molecule has 5 nitrogen and oxygen atoms in total. The van der Waals surface area contributed by atoms with Gasteiger partial charge in [0.15, 0.2) is 0 Å². The summed E-state index contributed by atoms with van der Waals surface area (Å²) in [5.41, 5.74) is 1.34. The lowest BCUT2D eigenvalue weighted by Gasteiger charge is -2.34. The molecule has 1 unspecified atom stereocenters. The predicted molar refractivity (Wildman–Crippen MR) is 92.4 cm³/mol. The summed E-state index contributed by atoms with van der Waals surface area (Å²) < 4.78 is 19.8. The van der Waals surface area contributed by atoms with Crippen LogP contribution in [0.25, 0.3) is 0 Å². The monoisotopic (exact) mass is 395 g/mol. The van der Waals surface area contributed by atoms with Gasteiger partial charge in [-0.2, -0.15) is 0 Å². The number of nitrogens with zero attached hydrogens (tertiary/aromatic N) is 1. The number of morpholine rings is 1. The summed E-state index contributed by atoms with van der Waals surface area (Å²) in [5.74, 6) is -0.458. The molecule has 2 heterocycles. The van der Waals surface area contributed by atoms with E-state index >= 15 is 0 Å². The van der Waals surface area contributed by atoms with E-state index in [1.165, 1.54) is 12.1 Å². The smallest absolute Gasteiger partial charge is 0.267 e. The Hall–Kier alpha value is -1.70. The topological polar surface area (TPSA) is 57.4 Å². The molecule has 1 amide bonds. The van der Waals surface area contributed by atoms with Gasteiger partial charge in [-0.05, 0) is 39.7 Å². The van der Waals surface area contributed by atoms with Crippen LogP contribution in [0.3, 0.4) is 0 Å². The minimum Gasteiger partial charge on any atom is -0.379 e. The molecule has 1 aliphatic rings. The molecule has 0 saturated carbocycles. The maximum absolute atomic E-state index is 13.6. The number of nitrogens with one attached hydrogen (secondary N) is 2. The van der Waals surface area contributed by atoms with E-state index in [1.807, 2.05) is 6.07 Å². The second kappa shape index (κ2) is 7.92. The molecular weight excluding hydrogens is 377 g/mol. The number of carbonyl (C=O) groups excluding carboxylic acids is 1. The van der Waals surface area contributed by atoms with E-state index in [9.17, 15) is 9.18 Å². The molecule has 0 radical (unpaired) electrons. The highest BCUT2D eigenvalue weighted by Crippen LogP contribution is 2.22. The molecule has 24 heavy (non-hydrogen) atoms. The van der Waals surface area contributed by atoms with Gasteiger partial charge in [-0.15, -0.1) is 0 Å². The average Bonchev–Trinajstić information content (AvgIpc) is 3.02. The molecular formula is C17H19BrFN3O2. The number of halogens is 2. The highest BCUT2D eigenvalue weighted by Gasteiger charge is 2.24. The minimum absolute atomic E-state index is 0.0908. The number of hydrogen-bond donors (Lipinski definition) is 2. The van der Waals surface area contributed by atoms with E-state index in [-0.39, 0.29) is 17.8 Å². The van der Waals surface area contributed by atoms with Crippen molar-refractivity contribution in [2.45, 2.75) is 6.04 Å². The Morgan fingerprint density at radius 1 is 1.38 bits per heavy atom. The second-order valence-corrected chi connectivity index (χ2v) is 6.58. The molecule has 3 rings (SSSR count). The Labute approximate surface area is 148 Å². The molecule has 1 fully saturated rings. The van der Waals surface area contributed by atoms with E-state index < -0.39 is 0 Å². The Kier molecular flexibility index (Phi) is 5.65. The van der Waals surface area contributed by atoms with E-state index in [2.05, 4.69) is 31.1 Å². The Balaban J connectivity index is 1.73. The number of aromatic amines is 1. The van der Waals surface area contributed by atoms with Crippen LogP contribution < -0.4 is 5.32 Å². The minimum atomic E-state index is -0.273. The number of amides is 1. The van der Waals surface area contributed by atoms with Gasteiger partial charge in [0.25, 0.3) is 5.91 Å². The van der Waals surface area contributed by atoms with Crippen LogP contribution in [-0.2, 0) is 4.74 Å². The maximum Gasteiger partial charge on any atom is 0.267 e. The third-order valence-electron chi connectivity index (χ3n) is 4.07. The molecule has 0 bridgehead atoms. The lowest BCUT2D eigenvalue weighted by atomic mass is 10.0. The predicted octanol–water partition coefficient (Wildman–Crippen LogP) is 2.72. The van der Waals surface area contributed by atoms with Crippen LogP contribution >= 0.6 is 15.9 Å². The van der Waals surface area contributed by atoms with Gasteiger partial charge in [-0.3, -0.25) is 9.69 Å². The fourth-order valence-electron chi connectivity index (χ4n) is 2.84. The summed E-state index contributed by atoms with van der Waals surface area (Å²) in [6.45, 7) is 3.20. The SMILES string of the molecule is O=C(NCC(c1cccc(F)c1)N1CCOCC1)c1cc(Br)c[nH]1.